The van der Waals surface area contributed by atoms with Crippen LogP contribution in [0.2, 0.25) is 0 Å². The van der Waals surface area contributed by atoms with E-state index < -0.39 is 0 Å². The van der Waals surface area contributed by atoms with Crippen molar-refractivity contribution < 1.29 is 9.47 Å². The van der Waals surface area contributed by atoms with Crippen LogP contribution < -0.4 is 0 Å². The smallest absolute Gasteiger partial charge is 0.0836 e. The van der Waals surface area contributed by atoms with E-state index in [2.05, 4.69) is 35.0 Å². The molecule has 0 unspecified atom stereocenters. The lowest BCUT2D eigenvalue weighted by Crippen LogP contribution is -2.47. The largest absolute Gasteiger partial charge is 0.375 e. The number of hydrogen-bond donors (Lipinski definition) is 0. The molecule has 23 heavy (non-hydrogen) atoms. The summed E-state index contributed by atoms with van der Waals surface area (Å²) < 4.78 is 12.3. The van der Waals surface area contributed by atoms with Crippen LogP contribution in [-0.2, 0) is 16.0 Å². The molecule has 1 spiro atoms. The van der Waals surface area contributed by atoms with Crippen molar-refractivity contribution in [3.63, 3.8) is 0 Å². The highest BCUT2D eigenvalue weighted by Gasteiger charge is 2.44. The van der Waals surface area contributed by atoms with Crippen molar-refractivity contribution in [2.75, 3.05) is 26.3 Å². The average molecular weight is 316 g/mol. The summed E-state index contributed by atoms with van der Waals surface area (Å²) in [6, 6.07) is 6.29. The standard InChI is InChI=1S/C19H28N2O2/c1-15-4-2-5-17(20-15)11-21-9-3-8-19(14-21)10-18(13-23-19)22-12-16-6-7-16/h2,4-5,16,18H,3,6-14H2,1H3/t18-,19-/m1/s1. The minimum absolute atomic E-state index is 0.0241. The van der Waals surface area contributed by atoms with Crippen molar-refractivity contribution in [2.45, 2.75) is 57.3 Å². The van der Waals surface area contributed by atoms with Gasteiger partial charge in [0, 0.05) is 31.8 Å². The third-order valence-corrected chi connectivity index (χ3v) is 5.39. The van der Waals surface area contributed by atoms with Crippen LogP contribution in [0.15, 0.2) is 18.2 Å². The Labute approximate surface area is 139 Å². The van der Waals surface area contributed by atoms with Crippen LogP contribution in [0.1, 0.15) is 43.5 Å². The summed E-state index contributed by atoms with van der Waals surface area (Å²) in [6.07, 6.45) is 6.48. The fourth-order valence-electron chi connectivity index (χ4n) is 3.99. The van der Waals surface area contributed by atoms with Gasteiger partial charge in [0.25, 0.3) is 0 Å². The van der Waals surface area contributed by atoms with Gasteiger partial charge >= 0.3 is 0 Å². The topological polar surface area (TPSA) is 34.6 Å². The Kier molecular flexibility index (Phi) is 4.39. The lowest BCUT2D eigenvalue weighted by atomic mass is 9.89. The molecular formula is C19H28N2O2. The third kappa shape index (κ3) is 3.93. The van der Waals surface area contributed by atoms with E-state index in [1.54, 1.807) is 0 Å². The Morgan fingerprint density at radius 1 is 1.39 bits per heavy atom. The van der Waals surface area contributed by atoms with Crippen LogP contribution in [0, 0.1) is 12.8 Å². The van der Waals surface area contributed by atoms with Crippen LogP contribution in [0.5, 0.6) is 0 Å². The fraction of sp³-hybridized carbons (Fsp3) is 0.737. The van der Waals surface area contributed by atoms with Gasteiger partial charge in [-0.15, -0.1) is 0 Å². The number of pyridine rings is 1. The Morgan fingerprint density at radius 2 is 2.30 bits per heavy atom. The molecule has 0 radical (unpaired) electrons. The van der Waals surface area contributed by atoms with E-state index in [4.69, 9.17) is 9.47 Å². The molecule has 0 N–H and O–H groups in total. The Bertz CT molecular complexity index is 546. The molecule has 2 atom stereocenters. The zero-order valence-electron chi connectivity index (χ0n) is 14.2. The zero-order chi connectivity index (χ0) is 15.7. The molecule has 0 bridgehead atoms. The molecule has 1 aromatic rings. The van der Waals surface area contributed by atoms with Crippen LogP contribution in [0.25, 0.3) is 0 Å². The molecule has 4 nitrogen and oxygen atoms in total. The minimum atomic E-state index is 0.0241. The summed E-state index contributed by atoms with van der Waals surface area (Å²) in [5, 5.41) is 0. The van der Waals surface area contributed by atoms with Gasteiger partial charge in [0.1, 0.15) is 0 Å². The average Bonchev–Trinajstić information content (AvgIpc) is 3.28. The molecule has 1 saturated carbocycles. The van der Waals surface area contributed by atoms with Gasteiger partial charge in [0.15, 0.2) is 0 Å². The van der Waals surface area contributed by atoms with Crippen LogP contribution in [-0.4, -0.2) is 47.9 Å². The molecule has 1 aromatic heterocycles. The lowest BCUT2D eigenvalue weighted by molar-refractivity contribution is -0.0549. The molecule has 0 amide bonds. The number of nitrogens with zero attached hydrogens (tertiary/aromatic N) is 2. The maximum Gasteiger partial charge on any atom is 0.0836 e. The van der Waals surface area contributed by atoms with E-state index in [9.17, 15) is 0 Å². The summed E-state index contributed by atoms with van der Waals surface area (Å²) in [4.78, 5) is 7.15. The van der Waals surface area contributed by atoms with Gasteiger partial charge in [-0.1, -0.05) is 6.07 Å². The Hall–Kier alpha value is -0.970. The number of likely N-dealkylation sites (tertiary alicyclic amines) is 1. The fourth-order valence-corrected chi connectivity index (χ4v) is 3.99. The molecule has 3 fully saturated rings. The number of aryl methyl sites for hydroxylation is 1. The molecule has 2 saturated heterocycles. The second-order valence-electron chi connectivity index (χ2n) is 7.68. The van der Waals surface area contributed by atoms with E-state index in [0.717, 1.165) is 50.9 Å². The number of aromatic nitrogens is 1. The Morgan fingerprint density at radius 3 is 3.13 bits per heavy atom. The predicted octanol–water partition coefficient (Wildman–Crippen LogP) is 2.94. The van der Waals surface area contributed by atoms with Crippen molar-refractivity contribution in [3.05, 3.63) is 29.6 Å². The number of piperidine rings is 1. The Balaban J connectivity index is 1.33. The highest BCUT2D eigenvalue weighted by atomic mass is 16.6. The zero-order valence-corrected chi connectivity index (χ0v) is 14.2. The number of ether oxygens (including phenoxy) is 2. The van der Waals surface area contributed by atoms with Gasteiger partial charge in [-0.25, -0.2) is 0 Å². The van der Waals surface area contributed by atoms with Crippen LogP contribution in [0.4, 0.5) is 0 Å². The molecule has 0 aromatic carbocycles. The maximum absolute atomic E-state index is 6.25. The van der Waals surface area contributed by atoms with E-state index >= 15 is 0 Å². The van der Waals surface area contributed by atoms with Gasteiger partial charge in [-0.05, 0) is 57.2 Å². The first-order valence-corrected chi connectivity index (χ1v) is 9.11. The first kappa shape index (κ1) is 15.6. The lowest BCUT2D eigenvalue weighted by Gasteiger charge is -2.39. The van der Waals surface area contributed by atoms with Crippen molar-refractivity contribution in [3.8, 4) is 0 Å². The SMILES string of the molecule is Cc1cccc(CN2CCC[C@@]3(C[C@@H](OCC4CC4)CO3)C2)n1. The molecule has 2 aliphatic heterocycles. The summed E-state index contributed by atoms with van der Waals surface area (Å²) >= 11 is 0. The molecule has 3 heterocycles. The number of rotatable bonds is 5. The third-order valence-electron chi connectivity index (χ3n) is 5.39. The summed E-state index contributed by atoms with van der Waals surface area (Å²) in [7, 11) is 0. The summed E-state index contributed by atoms with van der Waals surface area (Å²) in [6.45, 7) is 6.88. The minimum Gasteiger partial charge on any atom is -0.375 e. The predicted molar refractivity (Wildman–Crippen MR) is 89.2 cm³/mol. The van der Waals surface area contributed by atoms with Crippen molar-refractivity contribution in [1.29, 1.82) is 0 Å². The molecule has 126 valence electrons. The molecule has 4 rings (SSSR count). The van der Waals surface area contributed by atoms with Crippen LogP contribution >= 0.6 is 0 Å². The van der Waals surface area contributed by atoms with E-state index in [1.807, 2.05) is 0 Å². The monoisotopic (exact) mass is 316 g/mol. The van der Waals surface area contributed by atoms with Gasteiger partial charge in [-0.2, -0.15) is 0 Å². The molecule has 4 heteroatoms. The number of hydrogen-bond acceptors (Lipinski definition) is 4. The highest BCUT2D eigenvalue weighted by molar-refractivity contribution is 5.10. The van der Waals surface area contributed by atoms with Crippen LogP contribution in [0.3, 0.4) is 0 Å². The van der Waals surface area contributed by atoms with Gasteiger partial charge in [0.05, 0.1) is 24.0 Å². The van der Waals surface area contributed by atoms with Crippen molar-refractivity contribution in [1.82, 2.24) is 9.88 Å². The quantitative estimate of drug-likeness (QED) is 0.836. The van der Waals surface area contributed by atoms with E-state index in [0.29, 0.717) is 6.10 Å². The summed E-state index contributed by atoms with van der Waals surface area (Å²) in [5.41, 5.74) is 2.29. The molecule has 1 aliphatic carbocycles. The maximum atomic E-state index is 6.25. The van der Waals surface area contributed by atoms with E-state index in [1.165, 1.54) is 31.4 Å². The first-order valence-electron chi connectivity index (χ1n) is 9.11. The van der Waals surface area contributed by atoms with Gasteiger partial charge in [-0.3, -0.25) is 9.88 Å². The van der Waals surface area contributed by atoms with Crippen molar-refractivity contribution >= 4 is 0 Å². The molecule has 3 aliphatic rings. The second kappa shape index (κ2) is 6.50. The van der Waals surface area contributed by atoms with Crippen molar-refractivity contribution in [2.24, 2.45) is 5.92 Å². The molecular weight excluding hydrogens is 288 g/mol. The normalized spacial score (nSPS) is 31.8. The van der Waals surface area contributed by atoms with Gasteiger partial charge in [0.2, 0.25) is 0 Å². The summed E-state index contributed by atoms with van der Waals surface area (Å²) in [5.74, 6) is 0.835. The first-order chi connectivity index (χ1) is 11.2. The van der Waals surface area contributed by atoms with Gasteiger partial charge < -0.3 is 9.47 Å². The van der Waals surface area contributed by atoms with E-state index in [-0.39, 0.29) is 5.60 Å². The highest BCUT2D eigenvalue weighted by Crippen LogP contribution is 2.37. The second-order valence-corrected chi connectivity index (χ2v) is 7.68.